The third-order valence-corrected chi connectivity index (χ3v) is 2.34. The number of carbonyl (C=O) groups is 1. The quantitative estimate of drug-likeness (QED) is 0.449. The summed E-state index contributed by atoms with van der Waals surface area (Å²) in [7, 11) is 0. The summed E-state index contributed by atoms with van der Waals surface area (Å²) in [4.78, 5) is 11.6. The molecule has 2 rings (SSSR count). The molecule has 1 heterocycles. The van der Waals surface area contributed by atoms with Crippen LogP contribution in [0.2, 0.25) is 0 Å². The summed E-state index contributed by atoms with van der Waals surface area (Å²) in [5.41, 5.74) is 3.63. The lowest BCUT2D eigenvalue weighted by molar-refractivity contribution is 0.101. The maximum atomic E-state index is 13.3. The molecule has 0 bridgehead atoms. The molecule has 20 heavy (non-hydrogen) atoms. The molecule has 0 saturated heterocycles. The van der Waals surface area contributed by atoms with Gasteiger partial charge in [0.05, 0.1) is 11.9 Å². The van der Waals surface area contributed by atoms with Crippen LogP contribution in [-0.4, -0.2) is 16.1 Å². The number of nitrogens with one attached hydrogen (secondary N) is 2. The molecule has 1 aromatic carbocycles. The minimum Gasteiger partial charge on any atom is -0.394 e. The summed E-state index contributed by atoms with van der Waals surface area (Å²) in [5.74, 6) is -13.1. The van der Waals surface area contributed by atoms with Crippen molar-refractivity contribution in [2.24, 2.45) is 0 Å². The van der Waals surface area contributed by atoms with Gasteiger partial charge >= 0.3 is 0 Å². The van der Waals surface area contributed by atoms with E-state index >= 15 is 0 Å². The average Bonchev–Trinajstić information content (AvgIpc) is 2.80. The minimum atomic E-state index is -2.35. The van der Waals surface area contributed by atoms with Crippen molar-refractivity contribution in [3.63, 3.8) is 0 Å². The van der Waals surface area contributed by atoms with Gasteiger partial charge in [-0.25, -0.2) is 22.0 Å². The van der Waals surface area contributed by atoms with Crippen LogP contribution >= 0.6 is 0 Å². The van der Waals surface area contributed by atoms with Gasteiger partial charge in [0.2, 0.25) is 5.82 Å². The predicted molar refractivity (Wildman–Crippen MR) is 57.2 cm³/mol. The zero-order valence-corrected chi connectivity index (χ0v) is 9.40. The largest absolute Gasteiger partial charge is 0.394 e. The second-order valence-corrected chi connectivity index (χ2v) is 3.60. The minimum absolute atomic E-state index is 0.0813. The van der Waals surface area contributed by atoms with E-state index in [9.17, 15) is 26.7 Å². The lowest BCUT2D eigenvalue weighted by Gasteiger charge is -2.08. The number of nitrogens with zero attached hydrogens (tertiary/aromatic N) is 1. The molecule has 2 aromatic rings. The van der Waals surface area contributed by atoms with Crippen LogP contribution in [0.15, 0.2) is 6.20 Å². The summed E-state index contributed by atoms with van der Waals surface area (Å²) in [6, 6.07) is 0. The Morgan fingerprint density at radius 1 is 1.05 bits per heavy atom. The Labute approximate surface area is 107 Å². The van der Waals surface area contributed by atoms with Crippen LogP contribution in [0.5, 0.6) is 0 Å². The molecule has 10 heteroatoms. The lowest BCUT2D eigenvalue weighted by atomic mass is 10.1. The van der Waals surface area contributed by atoms with E-state index in [0.29, 0.717) is 0 Å². The summed E-state index contributed by atoms with van der Waals surface area (Å²) >= 11 is 0. The molecule has 0 spiro atoms. The standard InChI is InChI=1S/C10H5F5N4O/c11-4-3(5(12)7(14)8(15)6(4)13)10(20)18-9-2(16)1-17-19-9/h1H,16H2,(H2,17,18,19,20). The smallest absolute Gasteiger partial charge is 0.263 e. The molecule has 0 unspecified atom stereocenters. The lowest BCUT2D eigenvalue weighted by Crippen LogP contribution is -2.20. The molecule has 0 aliphatic heterocycles. The number of halogens is 5. The molecule has 5 nitrogen and oxygen atoms in total. The Kier molecular flexibility index (Phi) is 3.30. The zero-order chi connectivity index (χ0) is 15.0. The highest BCUT2D eigenvalue weighted by molar-refractivity contribution is 6.05. The highest BCUT2D eigenvalue weighted by Gasteiger charge is 2.30. The Hall–Kier alpha value is -2.65. The first kappa shape index (κ1) is 13.8. The summed E-state index contributed by atoms with van der Waals surface area (Å²) < 4.78 is 65.4. The van der Waals surface area contributed by atoms with Crippen LogP contribution in [0.1, 0.15) is 10.4 Å². The summed E-state index contributed by atoms with van der Waals surface area (Å²) in [6.07, 6.45) is 1.08. The van der Waals surface area contributed by atoms with Crippen molar-refractivity contribution < 1.29 is 26.7 Å². The van der Waals surface area contributed by atoms with E-state index in [1.807, 2.05) is 5.32 Å². The fourth-order valence-corrected chi connectivity index (χ4v) is 1.38. The molecule has 0 aliphatic rings. The number of rotatable bonds is 2. The van der Waals surface area contributed by atoms with Crippen molar-refractivity contribution in [1.29, 1.82) is 0 Å². The van der Waals surface area contributed by atoms with Crippen molar-refractivity contribution in [1.82, 2.24) is 10.2 Å². The summed E-state index contributed by atoms with van der Waals surface area (Å²) in [6.45, 7) is 0. The first-order valence-electron chi connectivity index (χ1n) is 4.96. The maximum Gasteiger partial charge on any atom is 0.263 e. The highest BCUT2D eigenvalue weighted by atomic mass is 19.2. The van der Waals surface area contributed by atoms with Crippen molar-refractivity contribution in [3.8, 4) is 0 Å². The van der Waals surface area contributed by atoms with Crippen LogP contribution in [0.4, 0.5) is 33.5 Å². The van der Waals surface area contributed by atoms with E-state index in [1.54, 1.807) is 0 Å². The van der Waals surface area contributed by atoms with Crippen LogP contribution < -0.4 is 11.1 Å². The zero-order valence-electron chi connectivity index (χ0n) is 9.40. The third-order valence-electron chi connectivity index (χ3n) is 2.34. The van der Waals surface area contributed by atoms with Crippen LogP contribution in [0.3, 0.4) is 0 Å². The predicted octanol–water partition coefficient (Wildman–Crippen LogP) is 1.94. The SMILES string of the molecule is Nc1cn[nH]c1NC(=O)c1c(F)c(F)c(F)c(F)c1F. The van der Waals surface area contributed by atoms with Crippen molar-refractivity contribution >= 4 is 17.4 Å². The Morgan fingerprint density at radius 2 is 1.55 bits per heavy atom. The molecule has 0 fully saturated rings. The molecule has 1 aromatic heterocycles. The summed E-state index contributed by atoms with van der Waals surface area (Å²) in [5, 5.41) is 7.42. The number of aromatic amines is 1. The number of benzene rings is 1. The van der Waals surface area contributed by atoms with Crippen molar-refractivity contribution in [2.45, 2.75) is 0 Å². The number of aromatic nitrogens is 2. The van der Waals surface area contributed by atoms with Gasteiger partial charge in [-0.2, -0.15) is 5.10 Å². The Morgan fingerprint density at radius 3 is 2.00 bits per heavy atom. The van der Waals surface area contributed by atoms with E-state index in [2.05, 4.69) is 10.2 Å². The monoisotopic (exact) mass is 292 g/mol. The molecule has 4 N–H and O–H groups in total. The first-order valence-corrected chi connectivity index (χ1v) is 4.96. The number of hydrogen-bond acceptors (Lipinski definition) is 3. The highest BCUT2D eigenvalue weighted by Crippen LogP contribution is 2.24. The molecule has 0 radical (unpaired) electrons. The van der Waals surface area contributed by atoms with Crippen molar-refractivity contribution in [3.05, 3.63) is 40.8 Å². The Bertz CT molecular complexity index is 670. The van der Waals surface area contributed by atoms with Gasteiger partial charge in [0, 0.05) is 0 Å². The molecule has 0 atom stereocenters. The van der Waals surface area contributed by atoms with Gasteiger partial charge in [-0.15, -0.1) is 0 Å². The number of anilines is 2. The molecule has 106 valence electrons. The van der Waals surface area contributed by atoms with Gasteiger partial charge in [0.25, 0.3) is 5.91 Å². The van der Waals surface area contributed by atoms with Gasteiger partial charge in [-0.05, 0) is 0 Å². The molecule has 0 aliphatic carbocycles. The normalized spacial score (nSPS) is 10.7. The van der Waals surface area contributed by atoms with Gasteiger partial charge in [-0.1, -0.05) is 0 Å². The third kappa shape index (κ3) is 2.04. The fourth-order valence-electron chi connectivity index (χ4n) is 1.38. The topological polar surface area (TPSA) is 83.8 Å². The van der Waals surface area contributed by atoms with Gasteiger partial charge in [0.1, 0.15) is 5.56 Å². The number of amides is 1. The molecular weight excluding hydrogens is 287 g/mol. The average molecular weight is 292 g/mol. The maximum absolute atomic E-state index is 13.3. The van der Waals surface area contributed by atoms with Crippen LogP contribution in [0.25, 0.3) is 0 Å². The number of H-pyrrole nitrogens is 1. The second kappa shape index (κ2) is 4.79. The Balaban J connectivity index is 2.48. The molecular formula is C10H5F5N4O. The van der Waals surface area contributed by atoms with Crippen molar-refractivity contribution in [2.75, 3.05) is 11.1 Å². The number of nitrogen functional groups attached to an aromatic ring is 1. The van der Waals surface area contributed by atoms with E-state index < -0.39 is 40.6 Å². The number of hydrogen-bond donors (Lipinski definition) is 3. The molecule has 0 saturated carbocycles. The fraction of sp³-hybridized carbons (Fsp3) is 0. The first-order chi connectivity index (χ1) is 9.34. The van der Waals surface area contributed by atoms with Crippen LogP contribution in [0, 0.1) is 29.1 Å². The van der Waals surface area contributed by atoms with E-state index in [1.165, 1.54) is 0 Å². The van der Waals surface area contributed by atoms with Gasteiger partial charge < -0.3 is 11.1 Å². The van der Waals surface area contributed by atoms with Gasteiger partial charge in [-0.3, -0.25) is 9.89 Å². The second-order valence-electron chi connectivity index (χ2n) is 3.60. The van der Waals surface area contributed by atoms with Gasteiger partial charge in [0.15, 0.2) is 29.1 Å². The van der Waals surface area contributed by atoms with E-state index in [0.717, 1.165) is 6.20 Å². The number of carbonyl (C=O) groups excluding carboxylic acids is 1. The van der Waals surface area contributed by atoms with E-state index in [-0.39, 0.29) is 11.5 Å². The van der Waals surface area contributed by atoms with E-state index in [4.69, 9.17) is 5.73 Å². The number of nitrogens with two attached hydrogens (primary N) is 1. The molecule has 1 amide bonds. The van der Waals surface area contributed by atoms with Crippen LogP contribution in [-0.2, 0) is 0 Å².